The van der Waals surface area contributed by atoms with Crippen LogP contribution in [0, 0.1) is 0 Å². The third-order valence-corrected chi connectivity index (χ3v) is 3.64. The molecule has 3 atom stereocenters. The van der Waals surface area contributed by atoms with Gasteiger partial charge >= 0.3 is 5.97 Å². The predicted molar refractivity (Wildman–Crippen MR) is 79.2 cm³/mol. The van der Waals surface area contributed by atoms with Gasteiger partial charge in [0.15, 0.2) is 17.3 Å². The van der Waals surface area contributed by atoms with Crippen molar-refractivity contribution in [1.82, 2.24) is 0 Å². The molecule has 8 heteroatoms. The molecule has 0 aromatic rings. The van der Waals surface area contributed by atoms with Crippen molar-refractivity contribution in [2.45, 2.75) is 70.9 Å². The normalized spacial score (nSPS) is 32.9. The molecule has 0 radical (unpaired) electrons. The van der Waals surface area contributed by atoms with Gasteiger partial charge in [-0.25, -0.2) is 4.79 Å². The molecule has 0 aliphatic carbocycles. The Morgan fingerprint density at radius 1 is 1.22 bits per heavy atom. The summed E-state index contributed by atoms with van der Waals surface area (Å²) in [6.07, 6.45) is -1.23. The molecule has 2 aliphatic heterocycles. The first-order valence-electron chi connectivity index (χ1n) is 7.73. The molecular weight excluding hydrogens is 306 g/mol. The number of oxime groups is 1. The Kier molecular flexibility index (Phi) is 5.30. The third kappa shape index (κ3) is 4.41. The van der Waals surface area contributed by atoms with Gasteiger partial charge in [0.1, 0.15) is 12.2 Å². The molecule has 2 heterocycles. The third-order valence-electron chi connectivity index (χ3n) is 3.64. The molecule has 0 bridgehead atoms. The largest absolute Gasteiger partial charge is 0.461 e. The molecule has 8 nitrogen and oxygen atoms in total. The molecule has 2 aliphatic rings. The van der Waals surface area contributed by atoms with E-state index in [1.807, 2.05) is 13.8 Å². The van der Waals surface area contributed by atoms with Crippen molar-refractivity contribution < 1.29 is 33.7 Å². The molecule has 0 saturated carbocycles. The van der Waals surface area contributed by atoms with Gasteiger partial charge < -0.3 is 28.9 Å². The van der Waals surface area contributed by atoms with Crippen LogP contribution >= 0.6 is 0 Å². The van der Waals surface area contributed by atoms with E-state index in [0.29, 0.717) is 6.61 Å². The highest BCUT2D eigenvalue weighted by Gasteiger charge is 2.50. The fourth-order valence-corrected chi connectivity index (χ4v) is 2.78. The van der Waals surface area contributed by atoms with E-state index < -0.39 is 29.8 Å². The summed E-state index contributed by atoms with van der Waals surface area (Å²) in [6, 6.07) is 0. The number of nitrogens with zero attached hydrogens (tertiary/aromatic N) is 1. The average Bonchev–Trinajstić information content (AvgIpc) is 2.95. The number of rotatable bonds is 5. The molecule has 2 rings (SSSR count). The Labute approximate surface area is 135 Å². The lowest BCUT2D eigenvalue weighted by molar-refractivity contribution is -0.174. The van der Waals surface area contributed by atoms with E-state index >= 15 is 0 Å². The van der Waals surface area contributed by atoms with E-state index in [2.05, 4.69) is 5.16 Å². The lowest BCUT2D eigenvalue weighted by Gasteiger charge is -2.23. The molecule has 132 valence electrons. The fourth-order valence-electron chi connectivity index (χ4n) is 2.78. The average molecular weight is 331 g/mol. The summed E-state index contributed by atoms with van der Waals surface area (Å²) >= 11 is 0. The van der Waals surface area contributed by atoms with Gasteiger partial charge in [-0.05, 0) is 34.6 Å². The van der Waals surface area contributed by atoms with Crippen LogP contribution in [0.1, 0.15) is 41.0 Å². The predicted octanol–water partition coefficient (Wildman–Crippen LogP) is 1.44. The highest BCUT2D eigenvalue weighted by molar-refractivity contribution is 6.36. The van der Waals surface area contributed by atoms with Gasteiger partial charge in [-0.3, -0.25) is 0 Å². The summed E-state index contributed by atoms with van der Waals surface area (Å²) in [7, 11) is 0. The number of ether oxygens (including phenoxy) is 5. The second kappa shape index (κ2) is 6.72. The standard InChI is InChI=1S/C15H25NO7/c1-6-19-13(17)9(16-18)7-10-12(23-15(4,5)21-10)11-8-20-14(2,3)22-11/h10-12,18H,6-8H2,1-5H3. The first-order chi connectivity index (χ1) is 10.7. The lowest BCUT2D eigenvalue weighted by atomic mass is 10.0. The van der Waals surface area contributed by atoms with Crippen molar-refractivity contribution in [1.29, 1.82) is 0 Å². The van der Waals surface area contributed by atoms with Crippen molar-refractivity contribution in [3.63, 3.8) is 0 Å². The highest BCUT2D eigenvalue weighted by Crippen LogP contribution is 2.36. The SMILES string of the molecule is CCOC(=O)C(CC1OC(C)(C)OC1C1COC(C)(C)O1)=NO. The molecule has 0 aromatic carbocycles. The molecular formula is C15H25NO7. The van der Waals surface area contributed by atoms with E-state index in [-0.39, 0.29) is 24.8 Å². The van der Waals surface area contributed by atoms with Crippen LogP contribution in [0.15, 0.2) is 5.16 Å². The van der Waals surface area contributed by atoms with E-state index in [9.17, 15) is 4.79 Å². The van der Waals surface area contributed by atoms with Crippen LogP contribution in [0.4, 0.5) is 0 Å². The van der Waals surface area contributed by atoms with Gasteiger partial charge in [-0.2, -0.15) is 0 Å². The van der Waals surface area contributed by atoms with Gasteiger partial charge in [0, 0.05) is 6.42 Å². The van der Waals surface area contributed by atoms with Crippen LogP contribution in [0.5, 0.6) is 0 Å². The topological polar surface area (TPSA) is 95.8 Å². The van der Waals surface area contributed by atoms with E-state index in [1.165, 1.54) is 0 Å². The monoisotopic (exact) mass is 331 g/mol. The number of esters is 1. The van der Waals surface area contributed by atoms with Crippen molar-refractivity contribution in [2.75, 3.05) is 13.2 Å². The maximum Gasteiger partial charge on any atom is 0.356 e. The second-order valence-corrected chi connectivity index (χ2v) is 6.48. The summed E-state index contributed by atoms with van der Waals surface area (Å²) in [5.74, 6) is -2.20. The zero-order valence-corrected chi connectivity index (χ0v) is 14.2. The molecule has 23 heavy (non-hydrogen) atoms. The quantitative estimate of drug-likeness (QED) is 0.352. The Morgan fingerprint density at radius 2 is 1.91 bits per heavy atom. The summed E-state index contributed by atoms with van der Waals surface area (Å²) in [5, 5.41) is 12.1. The molecule has 0 aromatic heterocycles. The zero-order chi connectivity index (χ0) is 17.3. The minimum atomic E-state index is -0.833. The summed E-state index contributed by atoms with van der Waals surface area (Å²) in [6.45, 7) is 9.44. The Balaban J connectivity index is 2.10. The van der Waals surface area contributed by atoms with Crippen molar-refractivity contribution >= 4 is 11.7 Å². The highest BCUT2D eigenvalue weighted by atomic mass is 16.8. The van der Waals surface area contributed by atoms with Gasteiger partial charge in [0.2, 0.25) is 0 Å². The Hall–Kier alpha value is -1.22. The maximum absolute atomic E-state index is 11.8. The maximum atomic E-state index is 11.8. The van der Waals surface area contributed by atoms with Gasteiger partial charge in [-0.1, -0.05) is 5.16 Å². The summed E-state index contributed by atoms with van der Waals surface area (Å²) < 4.78 is 28.0. The molecule has 2 saturated heterocycles. The Morgan fingerprint density at radius 3 is 2.43 bits per heavy atom. The van der Waals surface area contributed by atoms with Gasteiger partial charge in [-0.15, -0.1) is 0 Å². The number of carbonyl (C=O) groups is 1. The van der Waals surface area contributed by atoms with Gasteiger partial charge in [0.25, 0.3) is 0 Å². The first kappa shape index (κ1) is 18.1. The van der Waals surface area contributed by atoms with Crippen LogP contribution in [0.2, 0.25) is 0 Å². The molecule has 0 amide bonds. The fraction of sp³-hybridized carbons (Fsp3) is 0.867. The van der Waals surface area contributed by atoms with Crippen molar-refractivity contribution in [3.8, 4) is 0 Å². The van der Waals surface area contributed by atoms with Crippen molar-refractivity contribution in [2.24, 2.45) is 5.16 Å². The van der Waals surface area contributed by atoms with E-state index in [1.54, 1.807) is 20.8 Å². The molecule has 3 unspecified atom stereocenters. The van der Waals surface area contributed by atoms with Crippen LogP contribution in [0.3, 0.4) is 0 Å². The minimum absolute atomic E-state index is 0.0592. The molecule has 1 N–H and O–H groups in total. The number of hydrogen-bond donors (Lipinski definition) is 1. The lowest BCUT2D eigenvalue weighted by Crippen LogP contribution is -2.40. The minimum Gasteiger partial charge on any atom is -0.461 e. The van der Waals surface area contributed by atoms with E-state index in [0.717, 1.165) is 0 Å². The second-order valence-electron chi connectivity index (χ2n) is 6.48. The smallest absolute Gasteiger partial charge is 0.356 e. The summed E-state index contributed by atoms with van der Waals surface area (Å²) in [5.41, 5.74) is -0.110. The summed E-state index contributed by atoms with van der Waals surface area (Å²) in [4.78, 5) is 11.8. The number of hydrogen-bond acceptors (Lipinski definition) is 8. The van der Waals surface area contributed by atoms with Crippen LogP contribution in [-0.4, -0.2) is 60.0 Å². The van der Waals surface area contributed by atoms with Crippen LogP contribution in [0.25, 0.3) is 0 Å². The van der Waals surface area contributed by atoms with Crippen molar-refractivity contribution in [3.05, 3.63) is 0 Å². The van der Waals surface area contributed by atoms with Crippen LogP contribution < -0.4 is 0 Å². The molecule has 2 fully saturated rings. The van der Waals surface area contributed by atoms with Gasteiger partial charge in [0.05, 0.1) is 19.3 Å². The van der Waals surface area contributed by atoms with Crippen LogP contribution in [-0.2, 0) is 28.5 Å². The molecule has 0 spiro atoms. The van der Waals surface area contributed by atoms with E-state index in [4.69, 9.17) is 28.9 Å². The number of carbonyl (C=O) groups excluding carboxylic acids is 1. The Bertz CT molecular complexity index is 474. The zero-order valence-electron chi connectivity index (χ0n) is 14.2. The first-order valence-corrected chi connectivity index (χ1v) is 7.73.